The molecule has 0 bridgehead atoms. The number of hydrogen-bond acceptors (Lipinski definition) is 5. The summed E-state index contributed by atoms with van der Waals surface area (Å²) in [5.74, 6) is 1.39. The van der Waals surface area contributed by atoms with Crippen molar-refractivity contribution in [3.8, 4) is 5.88 Å². The molecule has 2 N–H and O–H groups in total. The van der Waals surface area contributed by atoms with E-state index in [9.17, 15) is 4.39 Å². The molecule has 1 atom stereocenters. The fraction of sp³-hybridized carbons (Fsp3) is 0.292. The molecule has 0 aliphatic carbocycles. The van der Waals surface area contributed by atoms with E-state index in [1.165, 1.54) is 6.07 Å². The smallest absolute Gasteiger partial charge is 0.213 e. The van der Waals surface area contributed by atoms with Gasteiger partial charge in [-0.2, -0.15) is 0 Å². The molecule has 8 heteroatoms. The van der Waals surface area contributed by atoms with Crippen molar-refractivity contribution in [3.63, 3.8) is 0 Å². The highest BCUT2D eigenvalue weighted by atomic mass is 19.1. The first-order valence-electron chi connectivity index (χ1n) is 10.7. The van der Waals surface area contributed by atoms with Crippen LogP contribution in [-0.2, 0) is 13.2 Å². The quantitative estimate of drug-likeness (QED) is 0.440. The summed E-state index contributed by atoms with van der Waals surface area (Å²) >= 11 is 0. The Morgan fingerprint density at radius 3 is 2.81 bits per heavy atom. The maximum atomic E-state index is 14.0. The summed E-state index contributed by atoms with van der Waals surface area (Å²) in [6.45, 7) is 2.47. The van der Waals surface area contributed by atoms with Crippen LogP contribution in [0.3, 0.4) is 0 Å². The van der Waals surface area contributed by atoms with Gasteiger partial charge >= 0.3 is 0 Å². The minimum absolute atomic E-state index is 0.157. The van der Waals surface area contributed by atoms with Crippen molar-refractivity contribution >= 4 is 11.8 Å². The number of aliphatic imine (C=N–C) groups is 1. The Bertz CT molecular complexity index is 1050. The molecule has 3 aromatic rings. The van der Waals surface area contributed by atoms with E-state index in [1.54, 1.807) is 25.5 Å². The van der Waals surface area contributed by atoms with E-state index in [2.05, 4.69) is 25.6 Å². The third kappa shape index (κ3) is 5.72. The summed E-state index contributed by atoms with van der Waals surface area (Å²) in [5.41, 5.74) is 2.13. The van der Waals surface area contributed by atoms with Gasteiger partial charge in [0.1, 0.15) is 6.61 Å². The molecule has 1 unspecified atom stereocenters. The average Bonchev–Trinajstić information content (AvgIpc) is 3.30. The number of benzene rings is 1. The van der Waals surface area contributed by atoms with Gasteiger partial charge in [-0.15, -0.1) is 0 Å². The van der Waals surface area contributed by atoms with Crippen molar-refractivity contribution in [3.05, 3.63) is 83.9 Å². The second-order valence-electron chi connectivity index (χ2n) is 7.59. The molecule has 0 radical (unpaired) electrons. The SMILES string of the molecule is CN=C(NCc1ccnc(OCc2ccccc2)c1)NC1CCN(c2ncccc2F)C1. The number of nitrogens with zero attached hydrogens (tertiary/aromatic N) is 4. The highest BCUT2D eigenvalue weighted by Crippen LogP contribution is 2.20. The summed E-state index contributed by atoms with van der Waals surface area (Å²) < 4.78 is 19.8. The molecular weight excluding hydrogens is 407 g/mol. The van der Waals surface area contributed by atoms with Crippen LogP contribution in [0.2, 0.25) is 0 Å². The number of guanidine groups is 1. The zero-order chi connectivity index (χ0) is 22.2. The molecule has 166 valence electrons. The Kier molecular flexibility index (Phi) is 7.12. The Morgan fingerprint density at radius 1 is 1.12 bits per heavy atom. The zero-order valence-electron chi connectivity index (χ0n) is 18.0. The molecule has 1 saturated heterocycles. The first kappa shape index (κ1) is 21.5. The maximum Gasteiger partial charge on any atom is 0.213 e. The van der Waals surface area contributed by atoms with Crippen LogP contribution < -0.4 is 20.3 Å². The molecule has 0 spiro atoms. The van der Waals surface area contributed by atoms with Crippen molar-refractivity contribution in [1.82, 2.24) is 20.6 Å². The number of rotatable bonds is 7. The molecule has 1 aromatic carbocycles. The maximum absolute atomic E-state index is 14.0. The molecule has 1 aliphatic rings. The monoisotopic (exact) mass is 434 g/mol. The van der Waals surface area contributed by atoms with Gasteiger partial charge in [0.15, 0.2) is 17.6 Å². The Hall–Kier alpha value is -3.68. The van der Waals surface area contributed by atoms with Crippen LogP contribution in [0.1, 0.15) is 17.5 Å². The van der Waals surface area contributed by atoms with E-state index >= 15 is 0 Å². The van der Waals surface area contributed by atoms with E-state index in [1.807, 2.05) is 47.4 Å². The second kappa shape index (κ2) is 10.6. The van der Waals surface area contributed by atoms with Gasteiger partial charge in [-0.1, -0.05) is 30.3 Å². The Balaban J connectivity index is 1.27. The van der Waals surface area contributed by atoms with Gasteiger partial charge in [0, 0.05) is 51.2 Å². The van der Waals surface area contributed by atoms with Crippen molar-refractivity contribution in [2.24, 2.45) is 4.99 Å². The zero-order valence-corrected chi connectivity index (χ0v) is 18.0. The largest absolute Gasteiger partial charge is 0.473 e. The van der Waals surface area contributed by atoms with E-state index in [0.717, 1.165) is 24.1 Å². The summed E-state index contributed by atoms with van der Waals surface area (Å²) in [7, 11) is 1.74. The van der Waals surface area contributed by atoms with Crippen LogP contribution in [0.25, 0.3) is 0 Å². The lowest BCUT2D eigenvalue weighted by molar-refractivity contribution is 0.293. The molecule has 1 fully saturated rings. The third-order valence-corrected chi connectivity index (χ3v) is 5.28. The molecular formula is C24H27FN6O. The topological polar surface area (TPSA) is 74.7 Å². The lowest BCUT2D eigenvalue weighted by Gasteiger charge is -2.20. The lowest BCUT2D eigenvalue weighted by Crippen LogP contribution is -2.44. The van der Waals surface area contributed by atoms with Crippen LogP contribution in [0.5, 0.6) is 5.88 Å². The Labute approximate surface area is 187 Å². The van der Waals surface area contributed by atoms with Crippen molar-refractivity contribution in [1.29, 1.82) is 0 Å². The van der Waals surface area contributed by atoms with Gasteiger partial charge in [-0.3, -0.25) is 4.99 Å². The summed E-state index contributed by atoms with van der Waals surface area (Å²) in [6.07, 6.45) is 4.24. The molecule has 4 rings (SSSR count). The van der Waals surface area contributed by atoms with Crippen LogP contribution >= 0.6 is 0 Å². The number of hydrogen-bond donors (Lipinski definition) is 2. The molecule has 32 heavy (non-hydrogen) atoms. The van der Waals surface area contributed by atoms with Crippen LogP contribution in [-0.4, -0.2) is 42.1 Å². The van der Waals surface area contributed by atoms with Crippen LogP contribution in [0, 0.1) is 5.82 Å². The van der Waals surface area contributed by atoms with Crippen molar-refractivity contribution in [2.45, 2.75) is 25.6 Å². The number of nitrogens with one attached hydrogen (secondary N) is 2. The highest BCUT2D eigenvalue weighted by molar-refractivity contribution is 5.80. The van der Waals surface area contributed by atoms with Gasteiger partial charge < -0.3 is 20.3 Å². The van der Waals surface area contributed by atoms with E-state index < -0.39 is 0 Å². The van der Waals surface area contributed by atoms with E-state index in [4.69, 9.17) is 4.74 Å². The third-order valence-electron chi connectivity index (χ3n) is 5.28. The average molecular weight is 435 g/mol. The molecule has 0 saturated carbocycles. The molecule has 0 amide bonds. The molecule has 7 nitrogen and oxygen atoms in total. The number of halogens is 1. The van der Waals surface area contributed by atoms with Crippen LogP contribution in [0.4, 0.5) is 10.2 Å². The summed E-state index contributed by atoms with van der Waals surface area (Å²) in [4.78, 5) is 14.7. The van der Waals surface area contributed by atoms with Gasteiger partial charge in [0.2, 0.25) is 5.88 Å². The normalized spacial score (nSPS) is 16.1. The molecule has 1 aliphatic heterocycles. The molecule has 2 aromatic heterocycles. The van der Waals surface area contributed by atoms with Crippen molar-refractivity contribution < 1.29 is 9.13 Å². The summed E-state index contributed by atoms with van der Waals surface area (Å²) in [5, 5.41) is 6.74. The standard InChI is InChI=1S/C24H27FN6O/c1-26-24(30-20-10-13-31(16-20)23-21(25)8-5-11-28-23)29-15-19-9-12-27-22(14-19)32-17-18-6-3-2-4-7-18/h2-9,11-12,14,20H,10,13,15-17H2,1H3,(H2,26,29,30). The fourth-order valence-corrected chi connectivity index (χ4v) is 3.63. The van der Waals surface area contributed by atoms with Gasteiger partial charge in [0.05, 0.1) is 0 Å². The minimum atomic E-state index is -0.293. The summed E-state index contributed by atoms with van der Waals surface area (Å²) in [6, 6.07) is 17.1. The predicted octanol–water partition coefficient (Wildman–Crippen LogP) is 3.14. The number of anilines is 1. The van der Waals surface area contributed by atoms with Gasteiger partial charge in [0.25, 0.3) is 0 Å². The molecule has 3 heterocycles. The van der Waals surface area contributed by atoms with Gasteiger partial charge in [-0.25, -0.2) is 14.4 Å². The lowest BCUT2D eigenvalue weighted by atomic mass is 10.2. The number of ether oxygens (including phenoxy) is 1. The first-order valence-corrected chi connectivity index (χ1v) is 10.7. The minimum Gasteiger partial charge on any atom is -0.473 e. The highest BCUT2D eigenvalue weighted by Gasteiger charge is 2.25. The number of aromatic nitrogens is 2. The fourth-order valence-electron chi connectivity index (χ4n) is 3.63. The van der Waals surface area contributed by atoms with E-state index in [0.29, 0.717) is 37.4 Å². The van der Waals surface area contributed by atoms with Crippen LogP contribution in [0.15, 0.2) is 72.0 Å². The van der Waals surface area contributed by atoms with Crippen molar-refractivity contribution in [2.75, 3.05) is 25.0 Å². The first-order chi connectivity index (χ1) is 15.7. The van der Waals surface area contributed by atoms with E-state index in [-0.39, 0.29) is 11.9 Å². The predicted molar refractivity (Wildman–Crippen MR) is 123 cm³/mol. The number of pyridine rings is 2. The Morgan fingerprint density at radius 2 is 2.00 bits per heavy atom. The second-order valence-corrected chi connectivity index (χ2v) is 7.59. The van der Waals surface area contributed by atoms with Gasteiger partial charge in [-0.05, 0) is 35.7 Å².